The fourth-order valence-corrected chi connectivity index (χ4v) is 2.28. The summed E-state index contributed by atoms with van der Waals surface area (Å²) in [5.74, 6) is -0.307. The number of benzene rings is 1. The van der Waals surface area contributed by atoms with Crippen molar-refractivity contribution in [3.05, 3.63) is 33.6 Å². The summed E-state index contributed by atoms with van der Waals surface area (Å²) < 4.78 is 14.1. The predicted molar refractivity (Wildman–Crippen MR) is 59.9 cm³/mol. The van der Waals surface area contributed by atoms with Gasteiger partial charge in [0.15, 0.2) is 0 Å². The molecule has 1 fully saturated rings. The average Bonchev–Trinajstić information content (AvgIpc) is 2.97. The average molecular weight is 240 g/mol. The van der Waals surface area contributed by atoms with E-state index in [-0.39, 0.29) is 5.82 Å². The van der Waals surface area contributed by atoms with Gasteiger partial charge in [-0.15, -0.1) is 0 Å². The number of aryl methyl sites for hydroxylation is 1. The quantitative estimate of drug-likeness (QED) is 0.574. The van der Waals surface area contributed by atoms with Crippen LogP contribution in [0, 0.1) is 19.7 Å². The van der Waals surface area contributed by atoms with Crippen molar-refractivity contribution in [2.75, 3.05) is 0 Å². The molecule has 1 aliphatic carbocycles. The SMILES string of the molecule is Cc1cc(Cl)c(C)c(C2(N=C=O)CC2)c1F. The van der Waals surface area contributed by atoms with Gasteiger partial charge in [0.25, 0.3) is 0 Å². The van der Waals surface area contributed by atoms with Gasteiger partial charge in [0.05, 0.1) is 0 Å². The molecule has 1 aromatic rings. The lowest BCUT2D eigenvalue weighted by atomic mass is 9.96. The first-order valence-corrected chi connectivity index (χ1v) is 5.44. The fourth-order valence-electron chi connectivity index (χ4n) is 2.02. The second-order valence-corrected chi connectivity index (χ2v) is 4.63. The summed E-state index contributed by atoms with van der Waals surface area (Å²) in [6.45, 7) is 3.41. The molecule has 0 aliphatic heterocycles. The number of hydrogen-bond acceptors (Lipinski definition) is 2. The molecular formula is C12H11ClFNO. The van der Waals surface area contributed by atoms with Gasteiger partial charge in [-0.1, -0.05) is 11.6 Å². The first kappa shape index (κ1) is 11.3. The Morgan fingerprint density at radius 1 is 1.50 bits per heavy atom. The second-order valence-electron chi connectivity index (χ2n) is 4.22. The van der Waals surface area contributed by atoms with Gasteiger partial charge in [-0.05, 0) is 43.9 Å². The Morgan fingerprint density at radius 2 is 2.12 bits per heavy atom. The van der Waals surface area contributed by atoms with E-state index in [9.17, 15) is 9.18 Å². The van der Waals surface area contributed by atoms with Crippen LogP contribution in [0.4, 0.5) is 4.39 Å². The van der Waals surface area contributed by atoms with E-state index in [1.54, 1.807) is 19.9 Å². The molecule has 0 bridgehead atoms. The number of hydrogen-bond donors (Lipinski definition) is 0. The zero-order chi connectivity index (χ0) is 11.9. The Hall–Kier alpha value is -1.18. The first-order chi connectivity index (χ1) is 7.52. The van der Waals surface area contributed by atoms with Gasteiger partial charge in [0.1, 0.15) is 11.4 Å². The molecule has 0 N–H and O–H groups in total. The number of halogens is 2. The molecule has 1 aromatic carbocycles. The van der Waals surface area contributed by atoms with E-state index < -0.39 is 5.54 Å². The van der Waals surface area contributed by atoms with Gasteiger partial charge in [-0.3, -0.25) is 0 Å². The first-order valence-electron chi connectivity index (χ1n) is 5.06. The van der Waals surface area contributed by atoms with Crippen LogP contribution in [0.15, 0.2) is 11.1 Å². The summed E-state index contributed by atoms with van der Waals surface area (Å²) in [6, 6.07) is 1.59. The zero-order valence-corrected chi connectivity index (χ0v) is 9.86. The third-order valence-corrected chi connectivity index (χ3v) is 3.48. The van der Waals surface area contributed by atoms with Crippen LogP contribution in [0.1, 0.15) is 29.5 Å². The van der Waals surface area contributed by atoms with Crippen LogP contribution in [0.25, 0.3) is 0 Å². The lowest BCUT2D eigenvalue weighted by molar-refractivity contribution is 0.544. The number of nitrogens with zero attached hydrogens (tertiary/aromatic N) is 1. The fraction of sp³-hybridized carbons (Fsp3) is 0.417. The molecule has 4 heteroatoms. The maximum absolute atomic E-state index is 14.1. The van der Waals surface area contributed by atoms with E-state index in [1.807, 2.05) is 0 Å². The molecule has 0 spiro atoms. The van der Waals surface area contributed by atoms with E-state index in [2.05, 4.69) is 4.99 Å². The van der Waals surface area contributed by atoms with E-state index in [4.69, 9.17) is 11.6 Å². The highest BCUT2D eigenvalue weighted by Gasteiger charge is 2.48. The standard InChI is InChI=1S/C12H11ClFNO/c1-7-5-9(13)8(2)10(11(7)14)12(3-4-12)15-6-16/h5H,3-4H2,1-2H3. The Morgan fingerprint density at radius 3 is 2.62 bits per heavy atom. The lowest BCUT2D eigenvalue weighted by Crippen LogP contribution is -2.10. The summed E-state index contributed by atoms with van der Waals surface area (Å²) in [6.07, 6.45) is 2.89. The molecular weight excluding hydrogens is 229 g/mol. The highest BCUT2D eigenvalue weighted by Crippen LogP contribution is 2.52. The topological polar surface area (TPSA) is 29.4 Å². The molecule has 0 amide bonds. The molecule has 0 saturated heterocycles. The Kier molecular flexibility index (Phi) is 2.61. The molecule has 0 unspecified atom stereocenters. The summed E-state index contributed by atoms with van der Waals surface area (Å²) in [5.41, 5.74) is 0.908. The highest BCUT2D eigenvalue weighted by atomic mass is 35.5. The van der Waals surface area contributed by atoms with Gasteiger partial charge in [-0.2, -0.15) is 4.99 Å². The molecule has 0 atom stereocenters. The molecule has 0 aromatic heterocycles. The minimum Gasteiger partial charge on any atom is -0.211 e. The van der Waals surface area contributed by atoms with Crippen LogP contribution in [0.5, 0.6) is 0 Å². The van der Waals surface area contributed by atoms with Crippen molar-refractivity contribution in [2.45, 2.75) is 32.2 Å². The molecule has 2 nitrogen and oxygen atoms in total. The van der Waals surface area contributed by atoms with Crippen molar-refractivity contribution < 1.29 is 9.18 Å². The van der Waals surface area contributed by atoms with E-state index >= 15 is 0 Å². The van der Waals surface area contributed by atoms with Crippen molar-refractivity contribution in [3.8, 4) is 0 Å². The van der Waals surface area contributed by atoms with Crippen LogP contribution in [0.2, 0.25) is 5.02 Å². The molecule has 0 heterocycles. The molecule has 2 rings (SSSR count). The summed E-state index contributed by atoms with van der Waals surface area (Å²) in [7, 11) is 0. The lowest BCUT2D eigenvalue weighted by Gasteiger charge is -2.16. The number of isocyanates is 1. The van der Waals surface area contributed by atoms with Gasteiger partial charge < -0.3 is 0 Å². The highest BCUT2D eigenvalue weighted by molar-refractivity contribution is 6.31. The number of aliphatic imine (C=N–C) groups is 1. The summed E-state index contributed by atoms with van der Waals surface area (Å²) >= 11 is 6.02. The van der Waals surface area contributed by atoms with Crippen molar-refractivity contribution in [1.29, 1.82) is 0 Å². The number of carbonyl (C=O) groups excluding carboxylic acids is 1. The monoisotopic (exact) mass is 239 g/mol. The Balaban J connectivity index is 2.69. The molecule has 16 heavy (non-hydrogen) atoms. The second kappa shape index (κ2) is 3.69. The minimum atomic E-state index is -0.703. The normalized spacial score (nSPS) is 16.8. The van der Waals surface area contributed by atoms with Gasteiger partial charge >= 0.3 is 0 Å². The predicted octanol–water partition coefficient (Wildman–Crippen LogP) is 3.42. The molecule has 0 radical (unpaired) electrons. The third-order valence-electron chi connectivity index (χ3n) is 3.09. The van der Waals surface area contributed by atoms with Crippen molar-refractivity contribution in [3.63, 3.8) is 0 Å². The maximum atomic E-state index is 14.1. The largest absolute Gasteiger partial charge is 0.235 e. The maximum Gasteiger partial charge on any atom is 0.235 e. The van der Waals surface area contributed by atoms with Gasteiger partial charge in [-0.25, -0.2) is 9.18 Å². The zero-order valence-electron chi connectivity index (χ0n) is 9.10. The van der Waals surface area contributed by atoms with Crippen molar-refractivity contribution in [2.24, 2.45) is 4.99 Å². The summed E-state index contributed by atoms with van der Waals surface area (Å²) in [5, 5.41) is 0.515. The molecule has 1 aliphatic rings. The van der Waals surface area contributed by atoms with Crippen LogP contribution in [-0.2, 0) is 10.3 Å². The van der Waals surface area contributed by atoms with Crippen LogP contribution in [0.3, 0.4) is 0 Å². The minimum absolute atomic E-state index is 0.307. The Labute approximate surface area is 98.1 Å². The Bertz CT molecular complexity index is 476. The van der Waals surface area contributed by atoms with E-state index in [1.165, 1.54) is 6.08 Å². The smallest absolute Gasteiger partial charge is 0.211 e. The summed E-state index contributed by atoms with van der Waals surface area (Å²) in [4.78, 5) is 14.1. The molecule has 1 saturated carbocycles. The number of rotatable bonds is 2. The van der Waals surface area contributed by atoms with E-state index in [0.29, 0.717) is 34.6 Å². The molecule has 84 valence electrons. The van der Waals surface area contributed by atoms with Crippen molar-refractivity contribution >= 4 is 17.7 Å². The van der Waals surface area contributed by atoms with E-state index in [0.717, 1.165) is 0 Å². The van der Waals surface area contributed by atoms with Gasteiger partial charge in [0.2, 0.25) is 6.08 Å². The van der Waals surface area contributed by atoms with Crippen LogP contribution >= 0.6 is 11.6 Å². The van der Waals surface area contributed by atoms with Crippen LogP contribution in [-0.4, -0.2) is 6.08 Å². The van der Waals surface area contributed by atoms with Crippen molar-refractivity contribution in [1.82, 2.24) is 0 Å². The van der Waals surface area contributed by atoms with Gasteiger partial charge in [0, 0.05) is 10.6 Å². The van der Waals surface area contributed by atoms with Crippen LogP contribution < -0.4 is 0 Å². The third kappa shape index (κ3) is 1.57.